The summed E-state index contributed by atoms with van der Waals surface area (Å²) in [5.41, 5.74) is -0.00526. The number of phenols is 2. The zero-order valence-corrected chi connectivity index (χ0v) is 15.1. The Hall–Kier alpha value is -2.44. The minimum atomic E-state index is -1.34. The Morgan fingerprint density at radius 3 is 2.32 bits per heavy atom. The van der Waals surface area contributed by atoms with Crippen molar-refractivity contribution < 1.29 is 29.6 Å². The van der Waals surface area contributed by atoms with Gasteiger partial charge < -0.3 is 25.4 Å². The van der Waals surface area contributed by atoms with Gasteiger partial charge in [-0.25, -0.2) is 9.59 Å². The maximum atomic E-state index is 12.5. The second-order valence-corrected chi connectivity index (χ2v) is 7.04. The van der Waals surface area contributed by atoms with Crippen LogP contribution in [0.2, 0.25) is 0 Å². The van der Waals surface area contributed by atoms with E-state index in [1.54, 1.807) is 6.07 Å². The Bertz CT molecular complexity index is 608. The van der Waals surface area contributed by atoms with Crippen molar-refractivity contribution in [1.29, 1.82) is 0 Å². The summed E-state index contributed by atoms with van der Waals surface area (Å²) in [6.45, 7) is 7.75. The molecular formula is C18H27NO6. The van der Waals surface area contributed by atoms with Gasteiger partial charge in [-0.05, 0) is 29.5 Å². The molecule has 0 saturated carbocycles. The maximum Gasteiger partial charge on any atom is 0.405 e. The van der Waals surface area contributed by atoms with Gasteiger partial charge in [-0.3, -0.25) is 0 Å². The Morgan fingerprint density at radius 1 is 1.20 bits per heavy atom. The molecule has 0 fully saturated rings. The quantitative estimate of drug-likeness (QED) is 0.340. The molecule has 0 aliphatic heterocycles. The van der Waals surface area contributed by atoms with Crippen molar-refractivity contribution in [2.45, 2.75) is 52.5 Å². The lowest BCUT2D eigenvalue weighted by molar-refractivity contribution is -0.147. The Balaban J connectivity index is 3.26. The van der Waals surface area contributed by atoms with Crippen molar-refractivity contribution >= 4 is 12.1 Å². The molecule has 25 heavy (non-hydrogen) atoms. The van der Waals surface area contributed by atoms with Crippen LogP contribution in [0.3, 0.4) is 0 Å². The van der Waals surface area contributed by atoms with Crippen LogP contribution in [0.5, 0.6) is 11.5 Å². The van der Waals surface area contributed by atoms with Crippen molar-refractivity contribution in [3.05, 3.63) is 23.8 Å². The number of rotatable bonds is 7. The lowest BCUT2D eigenvalue weighted by Gasteiger charge is -2.36. The highest BCUT2D eigenvalue weighted by Crippen LogP contribution is 2.40. The van der Waals surface area contributed by atoms with Gasteiger partial charge >= 0.3 is 12.1 Å². The van der Waals surface area contributed by atoms with Gasteiger partial charge in [-0.2, -0.15) is 0 Å². The molecule has 7 heteroatoms. The fraction of sp³-hybridized carbons (Fsp3) is 0.556. The van der Waals surface area contributed by atoms with E-state index in [2.05, 4.69) is 5.32 Å². The van der Waals surface area contributed by atoms with Gasteiger partial charge in [-0.1, -0.05) is 40.2 Å². The number of unbranched alkanes of at least 4 members (excludes halogenated alkanes) is 1. The molecule has 0 spiro atoms. The molecule has 1 aromatic carbocycles. The third kappa shape index (κ3) is 5.85. The minimum Gasteiger partial charge on any atom is -0.504 e. The van der Waals surface area contributed by atoms with Gasteiger partial charge in [0.2, 0.25) is 0 Å². The lowest BCUT2D eigenvalue weighted by Crippen LogP contribution is -2.49. The van der Waals surface area contributed by atoms with E-state index in [1.807, 2.05) is 27.7 Å². The van der Waals surface area contributed by atoms with Gasteiger partial charge in [0.25, 0.3) is 0 Å². The van der Waals surface area contributed by atoms with Crippen LogP contribution in [0.25, 0.3) is 0 Å². The van der Waals surface area contributed by atoms with E-state index in [4.69, 9.17) is 9.84 Å². The summed E-state index contributed by atoms with van der Waals surface area (Å²) < 4.78 is 5.22. The monoisotopic (exact) mass is 353 g/mol. The minimum absolute atomic E-state index is 0.213. The second-order valence-electron chi connectivity index (χ2n) is 7.04. The number of hydrogen-bond acceptors (Lipinski definition) is 5. The second kappa shape index (κ2) is 8.60. The standard InChI is InChI=1S/C18H27NO6/c1-5-6-9-25-16(22)15(19-17(23)24)14(18(2,3)4)11-7-8-12(20)13(21)10-11/h7-8,10,14-15,19-21H,5-6,9H2,1-4H3,(H,23,24). The summed E-state index contributed by atoms with van der Waals surface area (Å²) in [7, 11) is 0. The highest BCUT2D eigenvalue weighted by Gasteiger charge is 2.40. The van der Waals surface area contributed by atoms with E-state index in [9.17, 15) is 19.8 Å². The number of ether oxygens (including phenoxy) is 1. The molecule has 7 nitrogen and oxygen atoms in total. The van der Waals surface area contributed by atoms with Gasteiger partial charge in [0, 0.05) is 5.92 Å². The van der Waals surface area contributed by atoms with Gasteiger partial charge in [0.1, 0.15) is 6.04 Å². The van der Waals surface area contributed by atoms with Crippen LogP contribution >= 0.6 is 0 Å². The molecule has 0 aliphatic carbocycles. The molecule has 0 saturated heterocycles. The summed E-state index contributed by atoms with van der Waals surface area (Å²) in [5.74, 6) is -1.89. The fourth-order valence-electron chi connectivity index (χ4n) is 2.74. The summed E-state index contributed by atoms with van der Waals surface area (Å²) in [6, 6.07) is 3.06. The number of carbonyl (C=O) groups is 2. The van der Waals surface area contributed by atoms with E-state index < -0.39 is 29.4 Å². The summed E-state index contributed by atoms with van der Waals surface area (Å²) in [4.78, 5) is 23.7. The third-order valence-corrected chi connectivity index (χ3v) is 3.90. The fourth-order valence-corrected chi connectivity index (χ4v) is 2.74. The van der Waals surface area contributed by atoms with Crippen LogP contribution in [0.15, 0.2) is 18.2 Å². The number of carboxylic acid groups (broad SMARTS) is 1. The SMILES string of the molecule is CCCCOC(=O)C(NC(=O)O)C(c1ccc(O)c(O)c1)C(C)(C)C. The van der Waals surface area contributed by atoms with Crippen LogP contribution in [0, 0.1) is 5.41 Å². The predicted molar refractivity (Wildman–Crippen MR) is 92.8 cm³/mol. The van der Waals surface area contributed by atoms with Crippen molar-refractivity contribution in [2.24, 2.45) is 5.41 Å². The molecule has 1 aromatic rings. The molecule has 2 unspecified atom stereocenters. The highest BCUT2D eigenvalue weighted by atomic mass is 16.5. The first-order valence-electron chi connectivity index (χ1n) is 8.26. The van der Waals surface area contributed by atoms with E-state index >= 15 is 0 Å². The number of benzene rings is 1. The first-order valence-corrected chi connectivity index (χ1v) is 8.26. The van der Waals surface area contributed by atoms with Crippen molar-refractivity contribution in [3.8, 4) is 11.5 Å². The Labute approximate surface area is 147 Å². The van der Waals surface area contributed by atoms with Crippen molar-refractivity contribution in [1.82, 2.24) is 5.32 Å². The Kier molecular flexibility index (Phi) is 7.09. The van der Waals surface area contributed by atoms with E-state index in [0.29, 0.717) is 12.0 Å². The third-order valence-electron chi connectivity index (χ3n) is 3.90. The molecular weight excluding hydrogens is 326 g/mol. The first-order chi connectivity index (χ1) is 11.6. The zero-order chi connectivity index (χ0) is 19.2. The summed E-state index contributed by atoms with van der Waals surface area (Å²) in [6.07, 6.45) is 0.194. The van der Waals surface area contributed by atoms with Gasteiger partial charge in [0.15, 0.2) is 11.5 Å². The van der Waals surface area contributed by atoms with Gasteiger partial charge in [0.05, 0.1) is 6.61 Å². The van der Waals surface area contributed by atoms with Crippen LogP contribution in [-0.2, 0) is 9.53 Å². The smallest absolute Gasteiger partial charge is 0.405 e. The average molecular weight is 353 g/mol. The molecule has 2 atom stereocenters. The molecule has 1 rings (SSSR count). The number of phenolic OH excluding ortho intramolecular Hbond substituents is 2. The Morgan fingerprint density at radius 2 is 1.84 bits per heavy atom. The topological polar surface area (TPSA) is 116 Å². The number of hydrogen-bond donors (Lipinski definition) is 4. The zero-order valence-electron chi connectivity index (χ0n) is 15.1. The normalized spacial score (nSPS) is 13.8. The number of carbonyl (C=O) groups excluding carboxylic acids is 1. The maximum absolute atomic E-state index is 12.5. The van der Waals surface area contributed by atoms with Crippen molar-refractivity contribution in [3.63, 3.8) is 0 Å². The average Bonchev–Trinajstić information content (AvgIpc) is 2.48. The molecule has 0 aromatic heterocycles. The molecule has 140 valence electrons. The van der Waals surface area contributed by atoms with Crippen molar-refractivity contribution in [2.75, 3.05) is 6.61 Å². The van der Waals surface area contributed by atoms with Crippen LogP contribution in [0.4, 0.5) is 4.79 Å². The first kappa shape index (κ1) is 20.6. The molecule has 0 bridgehead atoms. The van der Waals surface area contributed by atoms with E-state index in [0.717, 1.165) is 6.42 Å². The molecule has 1 amide bonds. The lowest BCUT2D eigenvalue weighted by atomic mass is 9.72. The molecule has 4 N–H and O–H groups in total. The van der Waals surface area contributed by atoms with E-state index in [1.165, 1.54) is 12.1 Å². The molecule has 0 heterocycles. The highest BCUT2D eigenvalue weighted by molar-refractivity contribution is 5.82. The summed E-state index contributed by atoms with van der Waals surface area (Å²) >= 11 is 0. The molecule has 0 radical (unpaired) electrons. The number of amides is 1. The number of nitrogens with one attached hydrogen (secondary N) is 1. The van der Waals surface area contributed by atoms with Gasteiger partial charge in [-0.15, -0.1) is 0 Å². The summed E-state index contributed by atoms with van der Waals surface area (Å²) in [5, 5.41) is 30.7. The predicted octanol–water partition coefficient (Wildman–Crippen LogP) is 3.21. The number of esters is 1. The van der Waals surface area contributed by atoms with Crippen LogP contribution < -0.4 is 5.32 Å². The van der Waals surface area contributed by atoms with Crippen LogP contribution in [-0.4, -0.2) is 40.0 Å². The van der Waals surface area contributed by atoms with Crippen LogP contribution in [0.1, 0.15) is 52.0 Å². The number of aromatic hydroxyl groups is 2. The molecule has 0 aliphatic rings. The van der Waals surface area contributed by atoms with E-state index in [-0.39, 0.29) is 18.1 Å². The largest absolute Gasteiger partial charge is 0.504 e.